The standard InChI is InChI=1S/C17H15Cl3N2O3S/c1-10-5-11(18)7-12(6-10)21-17(23)14-8-13(9-15(19)16(14)20)22-3-2-4-26(22,24)25/h5-9H,2-4H2,1H3,(H,21,23). The Bertz CT molecular complexity index is 973. The summed E-state index contributed by atoms with van der Waals surface area (Å²) in [5.41, 5.74) is 1.80. The third kappa shape index (κ3) is 3.93. The maximum atomic E-state index is 12.7. The van der Waals surface area contributed by atoms with E-state index in [4.69, 9.17) is 34.8 Å². The quantitative estimate of drug-likeness (QED) is 0.760. The monoisotopic (exact) mass is 432 g/mol. The number of benzene rings is 2. The van der Waals surface area contributed by atoms with Crippen molar-refractivity contribution in [1.82, 2.24) is 0 Å². The molecule has 0 saturated carbocycles. The molecule has 26 heavy (non-hydrogen) atoms. The van der Waals surface area contributed by atoms with Crippen molar-refractivity contribution < 1.29 is 13.2 Å². The second-order valence-corrected chi connectivity index (χ2v) is 9.24. The summed E-state index contributed by atoms with van der Waals surface area (Å²) in [5.74, 6) is -0.437. The van der Waals surface area contributed by atoms with Crippen LogP contribution in [0, 0.1) is 6.92 Å². The minimum Gasteiger partial charge on any atom is -0.322 e. The Labute approximate surface area is 166 Å². The molecule has 138 valence electrons. The number of nitrogens with zero attached hydrogens (tertiary/aromatic N) is 1. The number of carbonyl (C=O) groups is 1. The Morgan fingerprint density at radius 1 is 1.12 bits per heavy atom. The van der Waals surface area contributed by atoms with E-state index in [2.05, 4.69) is 5.32 Å². The highest BCUT2D eigenvalue weighted by Gasteiger charge is 2.30. The molecule has 1 amide bonds. The van der Waals surface area contributed by atoms with Crippen LogP contribution in [0.4, 0.5) is 11.4 Å². The van der Waals surface area contributed by atoms with Gasteiger partial charge in [-0.3, -0.25) is 9.10 Å². The van der Waals surface area contributed by atoms with Gasteiger partial charge < -0.3 is 5.32 Å². The Hall–Kier alpha value is -1.47. The fraction of sp³-hybridized carbons (Fsp3) is 0.235. The van der Waals surface area contributed by atoms with Gasteiger partial charge in [0.2, 0.25) is 10.0 Å². The minimum atomic E-state index is -3.40. The van der Waals surface area contributed by atoms with E-state index in [0.29, 0.717) is 29.4 Å². The SMILES string of the molecule is Cc1cc(Cl)cc(NC(=O)c2cc(N3CCCS3(=O)=O)cc(Cl)c2Cl)c1. The van der Waals surface area contributed by atoms with Crippen molar-refractivity contribution in [3.05, 3.63) is 56.5 Å². The largest absolute Gasteiger partial charge is 0.322 e. The van der Waals surface area contributed by atoms with E-state index in [0.717, 1.165) is 5.56 Å². The fourth-order valence-corrected chi connectivity index (χ4v) is 5.07. The van der Waals surface area contributed by atoms with Crippen LogP contribution in [0.3, 0.4) is 0 Å². The van der Waals surface area contributed by atoms with Gasteiger partial charge in [-0.15, -0.1) is 0 Å². The molecular formula is C17H15Cl3N2O3S. The van der Waals surface area contributed by atoms with Crippen LogP contribution in [0.25, 0.3) is 0 Å². The molecule has 9 heteroatoms. The second-order valence-electron chi connectivity index (χ2n) is 6.00. The van der Waals surface area contributed by atoms with E-state index < -0.39 is 15.9 Å². The lowest BCUT2D eigenvalue weighted by Crippen LogP contribution is -2.25. The molecule has 1 saturated heterocycles. The van der Waals surface area contributed by atoms with Gasteiger partial charge in [0.05, 0.1) is 27.0 Å². The van der Waals surface area contributed by atoms with Crippen molar-refractivity contribution in [3.8, 4) is 0 Å². The normalized spacial score (nSPS) is 15.9. The first-order valence-electron chi connectivity index (χ1n) is 7.75. The van der Waals surface area contributed by atoms with E-state index in [1.54, 1.807) is 18.2 Å². The number of carbonyl (C=O) groups excluding carboxylic acids is 1. The topological polar surface area (TPSA) is 66.5 Å². The Morgan fingerprint density at radius 3 is 2.46 bits per heavy atom. The van der Waals surface area contributed by atoms with Gasteiger partial charge in [-0.05, 0) is 49.2 Å². The summed E-state index contributed by atoms with van der Waals surface area (Å²) in [4.78, 5) is 12.7. The smallest absolute Gasteiger partial charge is 0.257 e. The molecule has 0 aromatic heterocycles. The van der Waals surface area contributed by atoms with Crippen molar-refractivity contribution in [3.63, 3.8) is 0 Å². The lowest BCUT2D eigenvalue weighted by Gasteiger charge is -2.19. The first-order valence-corrected chi connectivity index (χ1v) is 10.5. The van der Waals surface area contributed by atoms with Gasteiger partial charge >= 0.3 is 0 Å². The Kier molecular flexibility index (Phi) is 5.40. The number of amides is 1. The number of hydrogen-bond donors (Lipinski definition) is 1. The molecule has 1 fully saturated rings. The number of hydrogen-bond acceptors (Lipinski definition) is 3. The maximum absolute atomic E-state index is 12.7. The highest BCUT2D eigenvalue weighted by atomic mass is 35.5. The Balaban J connectivity index is 1.97. The van der Waals surface area contributed by atoms with Crippen molar-refractivity contribution in [1.29, 1.82) is 0 Å². The van der Waals surface area contributed by atoms with Gasteiger partial charge in [-0.25, -0.2) is 8.42 Å². The van der Waals surface area contributed by atoms with Crippen LogP contribution < -0.4 is 9.62 Å². The minimum absolute atomic E-state index is 0.0586. The maximum Gasteiger partial charge on any atom is 0.257 e. The average Bonchev–Trinajstić information content (AvgIpc) is 2.88. The fourth-order valence-electron chi connectivity index (χ4n) is 2.82. The van der Waals surface area contributed by atoms with Crippen molar-refractivity contribution >= 4 is 62.1 Å². The number of nitrogens with one attached hydrogen (secondary N) is 1. The summed E-state index contributed by atoms with van der Waals surface area (Å²) >= 11 is 18.3. The molecule has 0 bridgehead atoms. The zero-order valence-corrected chi connectivity index (χ0v) is 16.8. The van der Waals surface area contributed by atoms with Gasteiger partial charge in [-0.1, -0.05) is 34.8 Å². The molecule has 1 aliphatic rings. The third-order valence-electron chi connectivity index (χ3n) is 3.94. The molecule has 3 rings (SSSR count). The van der Waals surface area contributed by atoms with Crippen molar-refractivity contribution in [2.24, 2.45) is 0 Å². The summed E-state index contributed by atoms with van der Waals surface area (Å²) in [6, 6.07) is 8.02. The van der Waals surface area contributed by atoms with E-state index >= 15 is 0 Å². The summed E-state index contributed by atoms with van der Waals surface area (Å²) in [5, 5.41) is 3.37. The highest BCUT2D eigenvalue weighted by Crippen LogP contribution is 2.34. The van der Waals surface area contributed by atoms with Crippen LogP contribution in [-0.2, 0) is 10.0 Å². The number of anilines is 2. The number of rotatable bonds is 3. The van der Waals surface area contributed by atoms with Crippen LogP contribution in [0.1, 0.15) is 22.3 Å². The molecule has 1 N–H and O–H groups in total. The second kappa shape index (κ2) is 7.27. The predicted octanol–water partition coefficient (Wildman–Crippen LogP) is 4.75. The molecular weight excluding hydrogens is 419 g/mol. The van der Waals surface area contributed by atoms with Gasteiger partial charge in [-0.2, -0.15) is 0 Å². The van der Waals surface area contributed by atoms with Crippen LogP contribution in [0.5, 0.6) is 0 Å². The number of aryl methyl sites for hydroxylation is 1. The van der Waals surface area contributed by atoms with Crippen molar-refractivity contribution in [2.45, 2.75) is 13.3 Å². The lowest BCUT2D eigenvalue weighted by atomic mass is 10.1. The molecule has 5 nitrogen and oxygen atoms in total. The molecule has 2 aromatic rings. The van der Waals surface area contributed by atoms with Gasteiger partial charge in [0.1, 0.15) is 0 Å². The summed E-state index contributed by atoms with van der Waals surface area (Å²) in [6.07, 6.45) is 0.520. The molecule has 0 atom stereocenters. The first-order chi connectivity index (χ1) is 12.2. The lowest BCUT2D eigenvalue weighted by molar-refractivity contribution is 0.102. The van der Waals surface area contributed by atoms with Crippen molar-refractivity contribution in [2.75, 3.05) is 21.9 Å². The van der Waals surface area contributed by atoms with E-state index in [-0.39, 0.29) is 21.4 Å². The van der Waals surface area contributed by atoms with Crippen LogP contribution in [0.2, 0.25) is 15.1 Å². The van der Waals surface area contributed by atoms with Crippen LogP contribution in [0.15, 0.2) is 30.3 Å². The van der Waals surface area contributed by atoms with E-state index in [9.17, 15) is 13.2 Å². The molecule has 0 unspecified atom stereocenters. The highest BCUT2D eigenvalue weighted by molar-refractivity contribution is 7.93. The zero-order chi connectivity index (χ0) is 19.1. The zero-order valence-electron chi connectivity index (χ0n) is 13.7. The van der Waals surface area contributed by atoms with Gasteiger partial charge in [0.25, 0.3) is 5.91 Å². The third-order valence-corrected chi connectivity index (χ3v) is 6.83. The van der Waals surface area contributed by atoms with Gasteiger partial charge in [0.15, 0.2) is 0 Å². The van der Waals surface area contributed by atoms with E-state index in [1.165, 1.54) is 16.4 Å². The Morgan fingerprint density at radius 2 is 1.85 bits per heavy atom. The number of sulfonamides is 1. The summed E-state index contributed by atoms with van der Waals surface area (Å²) < 4.78 is 25.5. The van der Waals surface area contributed by atoms with E-state index in [1.807, 2.05) is 6.92 Å². The summed E-state index contributed by atoms with van der Waals surface area (Å²) in [7, 11) is -3.40. The molecule has 0 spiro atoms. The molecule has 2 aromatic carbocycles. The predicted molar refractivity (Wildman–Crippen MR) is 106 cm³/mol. The molecule has 0 radical (unpaired) electrons. The van der Waals surface area contributed by atoms with Crippen LogP contribution in [-0.4, -0.2) is 26.6 Å². The average molecular weight is 434 g/mol. The summed E-state index contributed by atoms with van der Waals surface area (Å²) in [6.45, 7) is 2.19. The molecule has 1 heterocycles. The molecule has 0 aliphatic carbocycles. The van der Waals surface area contributed by atoms with Gasteiger partial charge in [0, 0.05) is 17.3 Å². The van der Waals surface area contributed by atoms with Crippen LogP contribution >= 0.6 is 34.8 Å². The number of halogens is 3. The first kappa shape index (κ1) is 19.3. The molecule has 1 aliphatic heterocycles.